The highest BCUT2D eigenvalue weighted by atomic mass is 32.2. The van der Waals surface area contributed by atoms with Gasteiger partial charge in [-0.3, -0.25) is 20.4 Å². The Bertz CT molecular complexity index is 513. The van der Waals surface area contributed by atoms with Crippen molar-refractivity contribution in [2.75, 3.05) is 12.4 Å². The van der Waals surface area contributed by atoms with E-state index in [2.05, 4.69) is 21.0 Å². The Balaban J connectivity index is 1.87. The summed E-state index contributed by atoms with van der Waals surface area (Å²) in [7, 11) is 0. The van der Waals surface area contributed by atoms with Gasteiger partial charge in [-0.15, -0.1) is 10.2 Å². The second-order valence-corrected chi connectivity index (χ2v) is 5.74. The van der Waals surface area contributed by atoms with Crippen molar-refractivity contribution in [1.82, 2.24) is 25.6 Å². The van der Waals surface area contributed by atoms with E-state index in [1.807, 2.05) is 11.5 Å². The van der Waals surface area contributed by atoms with Crippen molar-refractivity contribution in [2.45, 2.75) is 44.5 Å². The number of thioether (sulfide) groups is 1. The summed E-state index contributed by atoms with van der Waals surface area (Å²) < 4.78 is 7.58. The van der Waals surface area contributed by atoms with Crippen molar-refractivity contribution in [3.8, 4) is 0 Å². The summed E-state index contributed by atoms with van der Waals surface area (Å²) in [5.74, 6) is 0.352. The van der Waals surface area contributed by atoms with E-state index >= 15 is 0 Å². The third-order valence-electron chi connectivity index (χ3n) is 3.02. The van der Waals surface area contributed by atoms with Gasteiger partial charge in [-0.1, -0.05) is 11.8 Å². The van der Waals surface area contributed by atoms with Crippen LogP contribution in [0, 0.1) is 6.92 Å². The number of carbonyl (C=O) groups excluding carboxylic acids is 2. The number of aromatic nitrogens is 3. The minimum absolute atomic E-state index is 0.157. The molecule has 2 N–H and O–H groups in total. The third-order valence-corrected chi connectivity index (χ3v) is 3.99. The zero-order valence-corrected chi connectivity index (χ0v) is 12.9. The largest absolute Gasteiger partial charge is 0.376 e. The van der Waals surface area contributed by atoms with Crippen molar-refractivity contribution in [3.05, 3.63) is 5.82 Å². The Hall–Kier alpha value is -1.61. The predicted octanol–water partition coefficient (Wildman–Crippen LogP) is 0.0249. The highest BCUT2D eigenvalue weighted by Crippen LogP contribution is 2.20. The summed E-state index contributed by atoms with van der Waals surface area (Å²) in [6, 6.07) is 0. The lowest BCUT2D eigenvalue weighted by atomic mass is 10.2. The van der Waals surface area contributed by atoms with E-state index in [9.17, 15) is 9.59 Å². The third kappa shape index (κ3) is 4.71. The Labute approximate surface area is 127 Å². The van der Waals surface area contributed by atoms with Gasteiger partial charge in [0.25, 0.3) is 0 Å². The van der Waals surface area contributed by atoms with E-state index in [-0.39, 0.29) is 23.7 Å². The summed E-state index contributed by atoms with van der Waals surface area (Å²) in [6.45, 7) is 4.71. The van der Waals surface area contributed by atoms with Crippen LogP contribution in [-0.2, 0) is 20.9 Å². The highest BCUT2D eigenvalue weighted by molar-refractivity contribution is 7.99. The molecule has 0 spiro atoms. The summed E-state index contributed by atoms with van der Waals surface area (Å²) in [6.07, 6.45) is 2.30. The van der Waals surface area contributed by atoms with Gasteiger partial charge >= 0.3 is 0 Å². The molecule has 116 valence electrons. The smallest absolute Gasteiger partial charge is 0.248 e. The van der Waals surface area contributed by atoms with Gasteiger partial charge in [0.2, 0.25) is 11.8 Å². The molecule has 2 amide bonds. The number of ether oxygens (including phenoxy) is 1. The first-order valence-electron chi connectivity index (χ1n) is 6.76. The van der Waals surface area contributed by atoms with Crippen molar-refractivity contribution < 1.29 is 14.3 Å². The van der Waals surface area contributed by atoms with Crippen LogP contribution >= 0.6 is 11.8 Å². The Morgan fingerprint density at radius 2 is 2.24 bits per heavy atom. The minimum atomic E-state index is -0.314. The fourth-order valence-corrected chi connectivity index (χ4v) is 2.79. The second kappa shape index (κ2) is 7.41. The van der Waals surface area contributed by atoms with Crippen LogP contribution in [0.25, 0.3) is 0 Å². The van der Waals surface area contributed by atoms with Crippen molar-refractivity contribution >= 4 is 23.6 Å². The standard InChI is InChI=1S/C12H19N5O3S/c1-8-13-16-12(17(8)6-10-4-3-5-20-10)21-7-11(19)15-14-9(2)18/h10H,3-7H2,1-2H3,(H,14,18)(H,15,19)/t10-/m1/s1. The molecule has 1 saturated heterocycles. The molecular formula is C12H19N5O3S. The van der Waals surface area contributed by atoms with Crippen LogP contribution in [0.1, 0.15) is 25.6 Å². The second-order valence-electron chi connectivity index (χ2n) is 4.79. The summed E-state index contributed by atoms with van der Waals surface area (Å²) in [5, 5.41) is 8.81. The number of amides is 2. The first kappa shape index (κ1) is 15.8. The Kier molecular flexibility index (Phi) is 5.57. The first-order valence-corrected chi connectivity index (χ1v) is 7.74. The molecule has 2 rings (SSSR count). The van der Waals surface area contributed by atoms with Gasteiger partial charge in [-0.05, 0) is 19.8 Å². The average molecular weight is 313 g/mol. The van der Waals surface area contributed by atoms with E-state index in [0.29, 0.717) is 11.7 Å². The van der Waals surface area contributed by atoms with Gasteiger partial charge in [-0.25, -0.2) is 0 Å². The molecule has 0 bridgehead atoms. The number of nitrogens with zero attached hydrogens (tertiary/aromatic N) is 3. The maximum absolute atomic E-state index is 11.6. The van der Waals surface area contributed by atoms with Gasteiger partial charge in [-0.2, -0.15) is 0 Å². The fraction of sp³-hybridized carbons (Fsp3) is 0.667. The van der Waals surface area contributed by atoms with Gasteiger partial charge < -0.3 is 9.30 Å². The number of carbonyl (C=O) groups is 2. The molecule has 0 aliphatic carbocycles. The van der Waals surface area contributed by atoms with Crippen LogP contribution < -0.4 is 10.9 Å². The van der Waals surface area contributed by atoms with Gasteiger partial charge in [0.05, 0.1) is 18.4 Å². The average Bonchev–Trinajstić information content (AvgIpc) is 3.06. The lowest BCUT2D eigenvalue weighted by molar-refractivity contribution is -0.126. The van der Waals surface area contributed by atoms with E-state index in [1.54, 1.807) is 0 Å². The molecule has 0 saturated carbocycles. The zero-order chi connectivity index (χ0) is 15.2. The molecule has 1 aliphatic heterocycles. The predicted molar refractivity (Wildman–Crippen MR) is 76.4 cm³/mol. The molecule has 0 radical (unpaired) electrons. The maximum Gasteiger partial charge on any atom is 0.248 e. The molecule has 1 atom stereocenters. The number of aryl methyl sites for hydroxylation is 1. The van der Waals surface area contributed by atoms with E-state index in [1.165, 1.54) is 18.7 Å². The summed E-state index contributed by atoms with van der Waals surface area (Å²) in [5.41, 5.74) is 4.56. The molecule has 8 nitrogen and oxygen atoms in total. The quantitative estimate of drug-likeness (QED) is 0.588. The van der Waals surface area contributed by atoms with Gasteiger partial charge in [0, 0.05) is 13.5 Å². The molecule has 1 aromatic heterocycles. The number of rotatable bonds is 5. The fourth-order valence-electron chi connectivity index (χ4n) is 1.99. The van der Waals surface area contributed by atoms with Gasteiger partial charge in [0.15, 0.2) is 5.16 Å². The molecule has 1 aromatic rings. The Morgan fingerprint density at radius 3 is 2.90 bits per heavy atom. The lowest BCUT2D eigenvalue weighted by Crippen LogP contribution is -2.41. The van der Waals surface area contributed by atoms with Crippen LogP contribution in [0.4, 0.5) is 0 Å². The van der Waals surface area contributed by atoms with E-state index in [4.69, 9.17) is 4.74 Å². The van der Waals surface area contributed by atoms with Crippen LogP contribution in [-0.4, -0.2) is 45.0 Å². The zero-order valence-electron chi connectivity index (χ0n) is 12.1. The molecule has 0 aromatic carbocycles. The number of hydrogen-bond donors (Lipinski definition) is 2. The molecular weight excluding hydrogens is 294 g/mol. The topological polar surface area (TPSA) is 98.1 Å². The van der Waals surface area contributed by atoms with Crippen LogP contribution in [0.2, 0.25) is 0 Å². The number of hydrazine groups is 1. The Morgan fingerprint density at radius 1 is 1.43 bits per heavy atom. The van der Waals surface area contributed by atoms with Crippen LogP contribution in [0.5, 0.6) is 0 Å². The normalized spacial score (nSPS) is 17.7. The molecule has 0 unspecified atom stereocenters. The van der Waals surface area contributed by atoms with Crippen molar-refractivity contribution in [2.24, 2.45) is 0 Å². The first-order chi connectivity index (χ1) is 10.1. The van der Waals surface area contributed by atoms with Crippen LogP contribution in [0.15, 0.2) is 5.16 Å². The summed E-state index contributed by atoms with van der Waals surface area (Å²) >= 11 is 1.28. The van der Waals surface area contributed by atoms with E-state index < -0.39 is 0 Å². The molecule has 9 heteroatoms. The molecule has 21 heavy (non-hydrogen) atoms. The highest BCUT2D eigenvalue weighted by Gasteiger charge is 2.20. The number of hydrogen-bond acceptors (Lipinski definition) is 6. The minimum Gasteiger partial charge on any atom is -0.376 e. The summed E-state index contributed by atoms with van der Waals surface area (Å²) in [4.78, 5) is 22.3. The monoisotopic (exact) mass is 313 g/mol. The maximum atomic E-state index is 11.6. The van der Waals surface area contributed by atoms with E-state index in [0.717, 1.165) is 25.3 Å². The SMILES string of the molecule is CC(=O)NNC(=O)CSc1nnc(C)n1C[C@H]1CCCO1. The lowest BCUT2D eigenvalue weighted by Gasteiger charge is -2.13. The number of nitrogens with one attached hydrogen (secondary N) is 2. The van der Waals surface area contributed by atoms with Crippen molar-refractivity contribution in [3.63, 3.8) is 0 Å². The van der Waals surface area contributed by atoms with Crippen LogP contribution in [0.3, 0.4) is 0 Å². The van der Waals surface area contributed by atoms with Gasteiger partial charge in [0.1, 0.15) is 5.82 Å². The molecule has 2 heterocycles. The van der Waals surface area contributed by atoms with Crippen molar-refractivity contribution in [1.29, 1.82) is 0 Å². The molecule has 1 aliphatic rings. The molecule has 1 fully saturated rings.